The first-order chi connectivity index (χ1) is 6.19. The highest BCUT2D eigenvalue weighted by atomic mass is 35.5. The van der Waals surface area contributed by atoms with E-state index in [1.807, 2.05) is 0 Å². The van der Waals surface area contributed by atoms with E-state index in [9.17, 15) is 8.78 Å². The van der Waals surface area contributed by atoms with E-state index >= 15 is 0 Å². The van der Waals surface area contributed by atoms with Gasteiger partial charge in [-0.1, -0.05) is 0 Å². The number of pyridine rings is 1. The van der Waals surface area contributed by atoms with Crippen molar-refractivity contribution < 1.29 is 8.78 Å². The molecule has 1 aromatic heterocycles. The lowest BCUT2D eigenvalue weighted by atomic mass is 10.2. The lowest BCUT2D eigenvalue weighted by Gasteiger charge is -2.02. The molecule has 0 aliphatic carbocycles. The summed E-state index contributed by atoms with van der Waals surface area (Å²) < 4.78 is 24.5. The Kier molecular flexibility index (Phi) is 3.15. The fourth-order valence-electron chi connectivity index (χ4n) is 0.850. The molecule has 0 bridgehead atoms. The zero-order valence-electron chi connectivity index (χ0n) is 6.47. The van der Waals surface area contributed by atoms with E-state index in [1.165, 1.54) is 12.1 Å². The van der Waals surface area contributed by atoms with Crippen LogP contribution < -0.4 is 0 Å². The molecule has 0 amide bonds. The standard InChI is InChI=1S/C8H5ClF2N2/c9-3-5-1-2-6(8(10)11)7(4-12)13-5/h1-2,8H,3H2. The normalized spacial score (nSPS) is 10.1. The first-order valence-electron chi connectivity index (χ1n) is 3.43. The minimum absolute atomic E-state index is 0.109. The zero-order chi connectivity index (χ0) is 9.84. The lowest BCUT2D eigenvalue weighted by Crippen LogP contribution is -1.97. The van der Waals surface area contributed by atoms with Crippen LogP contribution in [0, 0.1) is 11.3 Å². The fraction of sp³-hybridized carbons (Fsp3) is 0.250. The van der Waals surface area contributed by atoms with Crippen molar-refractivity contribution in [2.24, 2.45) is 0 Å². The van der Waals surface area contributed by atoms with Crippen LogP contribution in [-0.2, 0) is 5.88 Å². The van der Waals surface area contributed by atoms with Crippen LogP contribution in [-0.4, -0.2) is 4.98 Å². The Hall–Kier alpha value is -1.21. The van der Waals surface area contributed by atoms with Gasteiger partial charge in [-0.2, -0.15) is 5.26 Å². The summed E-state index contributed by atoms with van der Waals surface area (Å²) >= 11 is 5.43. The number of alkyl halides is 3. The third-order valence-corrected chi connectivity index (χ3v) is 1.74. The first kappa shape index (κ1) is 9.87. The predicted molar refractivity (Wildman–Crippen MR) is 43.5 cm³/mol. The number of halogens is 3. The highest BCUT2D eigenvalue weighted by Gasteiger charge is 2.13. The van der Waals surface area contributed by atoms with E-state index in [1.54, 1.807) is 6.07 Å². The Bertz CT molecular complexity index is 346. The van der Waals surface area contributed by atoms with E-state index in [-0.39, 0.29) is 17.1 Å². The molecule has 1 rings (SSSR count). The molecule has 0 saturated heterocycles. The van der Waals surface area contributed by atoms with E-state index in [4.69, 9.17) is 16.9 Å². The summed E-state index contributed by atoms with van der Waals surface area (Å²) in [5.74, 6) is 0.109. The van der Waals surface area contributed by atoms with Crippen LogP contribution >= 0.6 is 11.6 Å². The number of nitriles is 1. The average Bonchev–Trinajstić information content (AvgIpc) is 2.16. The second-order valence-electron chi connectivity index (χ2n) is 2.29. The minimum Gasteiger partial charge on any atom is -0.240 e. The molecular formula is C8H5ClF2N2. The van der Waals surface area contributed by atoms with Crippen molar-refractivity contribution in [3.8, 4) is 6.07 Å². The van der Waals surface area contributed by atoms with E-state index in [2.05, 4.69) is 4.98 Å². The molecule has 13 heavy (non-hydrogen) atoms. The van der Waals surface area contributed by atoms with Crippen molar-refractivity contribution in [3.63, 3.8) is 0 Å². The number of hydrogen-bond donors (Lipinski definition) is 0. The molecule has 1 aromatic rings. The minimum atomic E-state index is -2.67. The Morgan fingerprint density at radius 2 is 2.23 bits per heavy atom. The van der Waals surface area contributed by atoms with Crippen LogP contribution in [0.3, 0.4) is 0 Å². The molecule has 0 aliphatic rings. The van der Waals surface area contributed by atoms with Crippen LogP contribution in [0.4, 0.5) is 8.78 Å². The van der Waals surface area contributed by atoms with Gasteiger partial charge in [0.15, 0.2) is 0 Å². The molecule has 0 atom stereocenters. The highest BCUT2D eigenvalue weighted by molar-refractivity contribution is 6.16. The number of hydrogen-bond acceptors (Lipinski definition) is 2. The Balaban J connectivity index is 3.18. The SMILES string of the molecule is N#Cc1nc(CCl)ccc1C(F)F. The van der Waals surface area contributed by atoms with Gasteiger partial charge in [0.25, 0.3) is 6.43 Å². The molecule has 0 aromatic carbocycles. The van der Waals surface area contributed by atoms with Crippen LogP contribution in [0.25, 0.3) is 0 Å². The molecule has 0 radical (unpaired) electrons. The van der Waals surface area contributed by atoms with Crippen molar-refractivity contribution in [2.75, 3.05) is 0 Å². The topological polar surface area (TPSA) is 36.7 Å². The molecule has 0 aliphatic heterocycles. The highest BCUT2D eigenvalue weighted by Crippen LogP contribution is 2.21. The van der Waals surface area contributed by atoms with Gasteiger partial charge in [-0.05, 0) is 12.1 Å². The van der Waals surface area contributed by atoms with Gasteiger partial charge >= 0.3 is 0 Å². The summed E-state index contributed by atoms with van der Waals surface area (Å²) in [6.07, 6.45) is -2.67. The summed E-state index contributed by atoms with van der Waals surface area (Å²) in [6.45, 7) is 0. The van der Waals surface area contributed by atoms with E-state index in [0.717, 1.165) is 0 Å². The summed E-state index contributed by atoms with van der Waals surface area (Å²) in [7, 11) is 0. The third kappa shape index (κ3) is 2.13. The van der Waals surface area contributed by atoms with Gasteiger partial charge in [-0.15, -0.1) is 11.6 Å². The maximum absolute atomic E-state index is 12.2. The van der Waals surface area contributed by atoms with Crippen LogP contribution in [0.5, 0.6) is 0 Å². The molecule has 0 spiro atoms. The Labute approximate surface area is 78.8 Å². The second-order valence-corrected chi connectivity index (χ2v) is 2.55. The average molecular weight is 203 g/mol. The lowest BCUT2D eigenvalue weighted by molar-refractivity contribution is 0.150. The maximum atomic E-state index is 12.2. The molecule has 0 fully saturated rings. The van der Waals surface area contributed by atoms with Crippen LogP contribution in [0.1, 0.15) is 23.4 Å². The van der Waals surface area contributed by atoms with Gasteiger partial charge in [0, 0.05) is 0 Å². The third-order valence-electron chi connectivity index (χ3n) is 1.46. The summed E-state index contributed by atoms with van der Waals surface area (Å²) in [5.41, 5.74) is -0.188. The van der Waals surface area contributed by atoms with E-state index < -0.39 is 6.43 Å². The smallest absolute Gasteiger partial charge is 0.240 e. The van der Waals surface area contributed by atoms with Crippen molar-refractivity contribution in [2.45, 2.75) is 12.3 Å². The largest absolute Gasteiger partial charge is 0.266 e. The monoisotopic (exact) mass is 202 g/mol. The van der Waals surface area contributed by atoms with Crippen molar-refractivity contribution in [1.82, 2.24) is 4.98 Å². The summed E-state index contributed by atoms with van der Waals surface area (Å²) in [4.78, 5) is 3.66. The van der Waals surface area contributed by atoms with Gasteiger partial charge in [0.05, 0.1) is 17.1 Å². The Morgan fingerprint density at radius 1 is 1.54 bits per heavy atom. The number of nitrogens with zero attached hydrogens (tertiary/aromatic N) is 2. The number of aromatic nitrogens is 1. The molecule has 2 nitrogen and oxygen atoms in total. The molecular weight excluding hydrogens is 198 g/mol. The molecule has 5 heteroatoms. The predicted octanol–water partition coefficient (Wildman–Crippen LogP) is 2.63. The summed E-state index contributed by atoms with van der Waals surface area (Å²) in [6, 6.07) is 4.16. The van der Waals surface area contributed by atoms with Gasteiger partial charge in [-0.25, -0.2) is 13.8 Å². The molecule has 0 saturated carbocycles. The second kappa shape index (κ2) is 4.15. The molecule has 68 valence electrons. The van der Waals surface area contributed by atoms with Gasteiger partial charge in [0.1, 0.15) is 11.8 Å². The fourth-order valence-corrected chi connectivity index (χ4v) is 0.999. The van der Waals surface area contributed by atoms with E-state index in [0.29, 0.717) is 5.69 Å². The molecule has 0 N–H and O–H groups in total. The quantitative estimate of drug-likeness (QED) is 0.692. The van der Waals surface area contributed by atoms with Crippen molar-refractivity contribution in [1.29, 1.82) is 5.26 Å². The van der Waals surface area contributed by atoms with Crippen LogP contribution in [0.2, 0.25) is 0 Å². The zero-order valence-corrected chi connectivity index (χ0v) is 7.22. The van der Waals surface area contributed by atoms with Gasteiger partial charge < -0.3 is 0 Å². The maximum Gasteiger partial charge on any atom is 0.266 e. The van der Waals surface area contributed by atoms with Crippen LogP contribution in [0.15, 0.2) is 12.1 Å². The molecule has 1 heterocycles. The summed E-state index contributed by atoms with van der Waals surface area (Å²) in [5, 5.41) is 8.50. The molecule has 0 unspecified atom stereocenters. The van der Waals surface area contributed by atoms with Crippen molar-refractivity contribution >= 4 is 11.6 Å². The first-order valence-corrected chi connectivity index (χ1v) is 3.96. The number of rotatable bonds is 2. The van der Waals surface area contributed by atoms with Crippen molar-refractivity contribution in [3.05, 3.63) is 29.1 Å². The Morgan fingerprint density at radius 3 is 2.69 bits per heavy atom. The van der Waals surface area contributed by atoms with Gasteiger partial charge in [0.2, 0.25) is 0 Å². The van der Waals surface area contributed by atoms with Gasteiger partial charge in [-0.3, -0.25) is 0 Å².